The van der Waals surface area contributed by atoms with Crippen LogP contribution in [0, 0.1) is 0 Å². The van der Waals surface area contributed by atoms with Gasteiger partial charge in [-0.25, -0.2) is 9.97 Å². The van der Waals surface area contributed by atoms with Crippen molar-refractivity contribution >= 4 is 6.20 Å². The van der Waals surface area contributed by atoms with Gasteiger partial charge in [0.2, 0.25) is 0 Å². The van der Waals surface area contributed by atoms with Gasteiger partial charge in [-0.1, -0.05) is 6.58 Å². The highest BCUT2D eigenvalue weighted by Crippen LogP contribution is 2.17. The zero-order valence-corrected chi connectivity index (χ0v) is 5.19. The van der Waals surface area contributed by atoms with Crippen molar-refractivity contribution in [3.63, 3.8) is 0 Å². The van der Waals surface area contributed by atoms with Gasteiger partial charge in [-0.05, 0) is 0 Å². The summed E-state index contributed by atoms with van der Waals surface area (Å²) in [5.74, 6) is 0.704. The molecule has 0 aromatic carbocycles. The van der Waals surface area contributed by atoms with E-state index in [1.165, 1.54) is 23.5 Å². The molecule has 2 rings (SSSR count). The van der Waals surface area contributed by atoms with Crippen LogP contribution in [0.25, 0.3) is 17.7 Å². The first-order valence-corrected chi connectivity index (χ1v) is 2.81. The predicted octanol–water partition coefficient (Wildman–Crippen LogP) is 1.08. The number of fused-ring (bicyclic) bond motifs is 1. The molecule has 10 heavy (non-hydrogen) atoms. The Morgan fingerprint density at radius 2 is 2.50 bits per heavy atom. The van der Waals surface area contributed by atoms with Crippen molar-refractivity contribution in [1.29, 1.82) is 0 Å². The first-order valence-electron chi connectivity index (χ1n) is 2.81. The van der Waals surface area contributed by atoms with Crippen LogP contribution in [0.15, 0.2) is 23.7 Å². The van der Waals surface area contributed by atoms with Crippen molar-refractivity contribution < 1.29 is 4.52 Å². The second-order valence-corrected chi connectivity index (χ2v) is 1.81. The fraction of sp³-hybridized carbons (Fsp3) is 0. The minimum atomic E-state index is 0.704. The van der Waals surface area contributed by atoms with E-state index in [1.54, 1.807) is 0 Å². The molecule has 0 spiro atoms. The van der Waals surface area contributed by atoms with Crippen molar-refractivity contribution in [2.24, 2.45) is 0 Å². The Bertz CT molecular complexity index is 322. The Kier molecular flexibility index (Phi) is 0.887. The molecule has 0 atom stereocenters. The van der Waals surface area contributed by atoms with Gasteiger partial charge in [0.1, 0.15) is 18.3 Å². The summed E-state index contributed by atoms with van der Waals surface area (Å²) in [7, 11) is 0. The Labute approximate surface area is 57.1 Å². The Morgan fingerprint density at radius 1 is 1.60 bits per heavy atom. The molecule has 50 valence electrons. The van der Waals surface area contributed by atoms with E-state index in [-0.39, 0.29) is 0 Å². The lowest BCUT2D eigenvalue weighted by Gasteiger charge is -1.87. The molecule has 0 bridgehead atoms. The summed E-state index contributed by atoms with van der Waals surface area (Å²) < 4.78 is 6.44. The van der Waals surface area contributed by atoms with E-state index >= 15 is 0 Å². The lowest BCUT2D eigenvalue weighted by molar-refractivity contribution is 0.365. The van der Waals surface area contributed by atoms with Crippen molar-refractivity contribution in [2.75, 3.05) is 0 Å². The van der Waals surface area contributed by atoms with Crippen LogP contribution in [0.5, 0.6) is 0 Å². The van der Waals surface area contributed by atoms with E-state index in [1.807, 2.05) is 0 Å². The van der Waals surface area contributed by atoms with Crippen LogP contribution < -0.4 is 0 Å². The topological polar surface area (TPSA) is 43.9 Å². The van der Waals surface area contributed by atoms with Crippen LogP contribution in [0.3, 0.4) is 0 Å². The SMILES string of the molecule is C=Cn1occ2ncnc1-2. The molecule has 2 aliphatic heterocycles. The van der Waals surface area contributed by atoms with Crippen LogP contribution in [0.4, 0.5) is 0 Å². The number of hydrogen-bond donors (Lipinski definition) is 0. The molecule has 0 amide bonds. The Morgan fingerprint density at radius 3 is 3.30 bits per heavy atom. The molecule has 0 radical (unpaired) electrons. The molecule has 2 aliphatic rings. The van der Waals surface area contributed by atoms with Crippen molar-refractivity contribution in [2.45, 2.75) is 0 Å². The molecule has 2 heterocycles. The lowest BCUT2D eigenvalue weighted by atomic mass is 10.5. The maximum absolute atomic E-state index is 4.98. The second kappa shape index (κ2) is 1.70. The highest BCUT2D eigenvalue weighted by Gasteiger charge is 2.10. The molecular formula is C6H5N3O. The highest BCUT2D eigenvalue weighted by molar-refractivity contribution is 5.51. The molecule has 0 aliphatic carbocycles. The summed E-state index contributed by atoms with van der Waals surface area (Å²) in [6.45, 7) is 3.53. The molecule has 4 nitrogen and oxygen atoms in total. The molecular weight excluding hydrogens is 130 g/mol. The largest absolute Gasteiger partial charge is 0.379 e. The van der Waals surface area contributed by atoms with Gasteiger partial charge in [-0.15, -0.1) is 0 Å². The molecule has 0 aromatic heterocycles. The Balaban J connectivity index is 2.71. The van der Waals surface area contributed by atoms with Crippen LogP contribution in [0.2, 0.25) is 0 Å². The van der Waals surface area contributed by atoms with E-state index in [4.69, 9.17) is 4.52 Å². The first kappa shape index (κ1) is 5.22. The van der Waals surface area contributed by atoms with E-state index in [0.717, 1.165) is 5.69 Å². The summed E-state index contributed by atoms with van der Waals surface area (Å²) in [5, 5.41) is 0. The number of nitrogens with zero attached hydrogens (tertiary/aromatic N) is 3. The first-order chi connectivity index (χ1) is 4.92. The maximum atomic E-state index is 4.98. The van der Waals surface area contributed by atoms with Crippen LogP contribution in [0.1, 0.15) is 0 Å². The summed E-state index contributed by atoms with van der Waals surface area (Å²) >= 11 is 0. The van der Waals surface area contributed by atoms with Crippen LogP contribution >= 0.6 is 0 Å². The van der Waals surface area contributed by atoms with Gasteiger partial charge in [-0.3, -0.25) is 0 Å². The molecule has 0 unspecified atom stereocenters. The van der Waals surface area contributed by atoms with E-state index in [0.29, 0.717) is 5.82 Å². The monoisotopic (exact) mass is 135 g/mol. The molecule has 0 saturated carbocycles. The summed E-state index contributed by atoms with van der Waals surface area (Å²) in [4.78, 5) is 7.85. The molecule has 4 heteroatoms. The third-order valence-electron chi connectivity index (χ3n) is 1.26. The average molecular weight is 135 g/mol. The fourth-order valence-corrected chi connectivity index (χ4v) is 0.809. The quantitative estimate of drug-likeness (QED) is 0.587. The highest BCUT2D eigenvalue weighted by atomic mass is 16.5. The normalized spacial score (nSPS) is 10.4. The van der Waals surface area contributed by atoms with E-state index in [2.05, 4.69) is 16.5 Å². The van der Waals surface area contributed by atoms with E-state index < -0.39 is 0 Å². The average Bonchev–Trinajstić information content (AvgIpc) is 2.44. The molecule has 0 aromatic rings. The number of aromatic nitrogens is 3. The minimum Gasteiger partial charge on any atom is -0.379 e. The lowest BCUT2D eigenvalue weighted by Crippen LogP contribution is -1.84. The smallest absolute Gasteiger partial charge is 0.199 e. The summed E-state index contributed by atoms with van der Waals surface area (Å²) in [5.41, 5.74) is 0.750. The van der Waals surface area contributed by atoms with Gasteiger partial charge in [0, 0.05) is 6.20 Å². The van der Waals surface area contributed by atoms with Gasteiger partial charge in [0.25, 0.3) is 0 Å². The van der Waals surface area contributed by atoms with E-state index in [9.17, 15) is 0 Å². The van der Waals surface area contributed by atoms with Gasteiger partial charge >= 0.3 is 0 Å². The number of hydrogen-bond acceptors (Lipinski definition) is 3. The van der Waals surface area contributed by atoms with Crippen molar-refractivity contribution in [3.8, 4) is 11.5 Å². The third-order valence-corrected chi connectivity index (χ3v) is 1.26. The van der Waals surface area contributed by atoms with Gasteiger partial charge in [0.05, 0.1) is 0 Å². The number of rotatable bonds is 1. The zero-order valence-electron chi connectivity index (χ0n) is 5.19. The molecule has 0 saturated heterocycles. The Hall–Kier alpha value is -1.58. The fourth-order valence-electron chi connectivity index (χ4n) is 0.809. The van der Waals surface area contributed by atoms with Crippen LogP contribution in [-0.4, -0.2) is 14.7 Å². The minimum absolute atomic E-state index is 0.704. The van der Waals surface area contributed by atoms with Crippen molar-refractivity contribution in [3.05, 3.63) is 19.2 Å². The summed E-state index contributed by atoms with van der Waals surface area (Å²) in [6, 6.07) is 0. The third kappa shape index (κ3) is 0.500. The van der Waals surface area contributed by atoms with Gasteiger partial charge in [0.15, 0.2) is 5.82 Å². The number of imidazole rings is 1. The predicted molar refractivity (Wildman–Crippen MR) is 35.3 cm³/mol. The van der Waals surface area contributed by atoms with Crippen LogP contribution in [-0.2, 0) is 0 Å². The van der Waals surface area contributed by atoms with Gasteiger partial charge < -0.3 is 4.52 Å². The van der Waals surface area contributed by atoms with Gasteiger partial charge in [-0.2, -0.15) is 4.74 Å². The molecule has 0 fully saturated rings. The zero-order chi connectivity index (χ0) is 6.97. The summed E-state index contributed by atoms with van der Waals surface area (Å²) in [6.07, 6.45) is 4.56. The second-order valence-electron chi connectivity index (χ2n) is 1.81. The van der Waals surface area contributed by atoms with Crippen molar-refractivity contribution in [1.82, 2.24) is 14.7 Å². The molecule has 0 N–H and O–H groups in total. The maximum Gasteiger partial charge on any atom is 0.199 e. The standard InChI is InChI=1S/C6H5N3O/c1-2-9-6-5(3-10-9)7-4-8-6/h2-4H,1H2.